The van der Waals surface area contributed by atoms with Crippen LogP contribution in [-0.4, -0.2) is 29.9 Å². The minimum absolute atomic E-state index is 0.190. The highest BCUT2D eigenvalue weighted by molar-refractivity contribution is 5.79. The normalized spacial score (nSPS) is 18.4. The lowest BCUT2D eigenvalue weighted by Crippen LogP contribution is -2.44. The van der Waals surface area contributed by atoms with Gasteiger partial charge in [-0.1, -0.05) is 43.7 Å². The summed E-state index contributed by atoms with van der Waals surface area (Å²) in [4.78, 5) is 14.7. The molecule has 1 atom stereocenters. The van der Waals surface area contributed by atoms with Gasteiger partial charge in [0.15, 0.2) is 0 Å². The van der Waals surface area contributed by atoms with Crippen LogP contribution in [0, 0.1) is 18.8 Å². The number of likely N-dealkylation sites (tertiary alicyclic amines) is 1. The van der Waals surface area contributed by atoms with Crippen molar-refractivity contribution in [3.8, 4) is 0 Å². The molecule has 122 valence electrons. The molecule has 1 heterocycles. The monoisotopic (exact) mass is 302 g/mol. The van der Waals surface area contributed by atoms with Crippen molar-refractivity contribution < 1.29 is 4.79 Å². The van der Waals surface area contributed by atoms with Crippen molar-refractivity contribution >= 4 is 5.91 Å². The molecule has 1 amide bonds. The number of hydrogen-bond donors (Lipinski definition) is 1. The van der Waals surface area contributed by atoms with Crippen molar-refractivity contribution in [1.82, 2.24) is 10.2 Å². The third kappa shape index (κ3) is 4.84. The molecule has 0 bridgehead atoms. The molecule has 0 unspecified atom stereocenters. The summed E-state index contributed by atoms with van der Waals surface area (Å²) in [6.45, 7) is 11.5. The second-order valence-corrected chi connectivity index (χ2v) is 7.08. The van der Waals surface area contributed by atoms with Gasteiger partial charge in [0.05, 0.1) is 0 Å². The third-order valence-electron chi connectivity index (χ3n) is 4.86. The quantitative estimate of drug-likeness (QED) is 0.904. The van der Waals surface area contributed by atoms with Crippen molar-refractivity contribution in [3.05, 3.63) is 35.4 Å². The highest BCUT2D eigenvalue weighted by atomic mass is 16.1. The standard InChI is InChI=1S/C19H30N2O/c1-14(2)16(4)20-19(22)18-9-11-21(12-10-18)13-17-7-5-15(3)6-8-17/h5-8,14,16,18H,9-13H2,1-4H3,(H,20,22)/t16-/m0/s1. The van der Waals surface area contributed by atoms with E-state index >= 15 is 0 Å². The molecule has 1 aliphatic heterocycles. The largest absolute Gasteiger partial charge is 0.353 e. The average molecular weight is 302 g/mol. The molecule has 0 saturated carbocycles. The fourth-order valence-electron chi connectivity index (χ4n) is 2.81. The van der Waals surface area contributed by atoms with Crippen LogP contribution in [0.5, 0.6) is 0 Å². The van der Waals surface area contributed by atoms with Crippen molar-refractivity contribution in [1.29, 1.82) is 0 Å². The molecule has 3 heteroatoms. The molecule has 0 spiro atoms. The minimum atomic E-state index is 0.190. The molecule has 22 heavy (non-hydrogen) atoms. The summed E-state index contributed by atoms with van der Waals surface area (Å²) in [7, 11) is 0. The number of amides is 1. The first-order chi connectivity index (χ1) is 10.5. The van der Waals surface area contributed by atoms with Gasteiger partial charge in [-0.2, -0.15) is 0 Å². The van der Waals surface area contributed by atoms with Crippen LogP contribution < -0.4 is 5.32 Å². The maximum Gasteiger partial charge on any atom is 0.223 e. The third-order valence-corrected chi connectivity index (χ3v) is 4.86. The number of nitrogens with one attached hydrogen (secondary N) is 1. The Morgan fingerprint density at radius 3 is 2.32 bits per heavy atom. The van der Waals surface area contributed by atoms with Gasteiger partial charge in [0.1, 0.15) is 0 Å². The topological polar surface area (TPSA) is 32.3 Å². The summed E-state index contributed by atoms with van der Waals surface area (Å²) < 4.78 is 0. The van der Waals surface area contributed by atoms with Crippen molar-refractivity contribution in [2.75, 3.05) is 13.1 Å². The fraction of sp³-hybridized carbons (Fsp3) is 0.632. The molecule has 1 fully saturated rings. The highest BCUT2D eigenvalue weighted by Crippen LogP contribution is 2.20. The first-order valence-electron chi connectivity index (χ1n) is 8.54. The van der Waals surface area contributed by atoms with E-state index in [-0.39, 0.29) is 17.9 Å². The number of hydrogen-bond acceptors (Lipinski definition) is 2. The van der Waals surface area contributed by atoms with Crippen LogP contribution in [0.25, 0.3) is 0 Å². The van der Waals surface area contributed by atoms with Crippen LogP contribution in [0.3, 0.4) is 0 Å². The van der Waals surface area contributed by atoms with Crippen LogP contribution >= 0.6 is 0 Å². The van der Waals surface area contributed by atoms with E-state index in [0.717, 1.165) is 32.5 Å². The van der Waals surface area contributed by atoms with E-state index in [1.54, 1.807) is 0 Å². The molecule has 2 rings (SSSR count). The minimum Gasteiger partial charge on any atom is -0.353 e. The second kappa shape index (κ2) is 7.77. The molecule has 1 N–H and O–H groups in total. The Bertz CT molecular complexity index is 473. The predicted octanol–water partition coefficient (Wildman–Crippen LogP) is 3.37. The van der Waals surface area contributed by atoms with Crippen LogP contribution in [0.4, 0.5) is 0 Å². The zero-order valence-electron chi connectivity index (χ0n) is 14.4. The summed E-state index contributed by atoms with van der Waals surface area (Å²) >= 11 is 0. The molecule has 1 saturated heterocycles. The van der Waals surface area contributed by atoms with E-state index < -0.39 is 0 Å². The van der Waals surface area contributed by atoms with Gasteiger partial charge in [0.2, 0.25) is 5.91 Å². The van der Waals surface area contributed by atoms with Crippen molar-refractivity contribution in [3.63, 3.8) is 0 Å². The number of rotatable bonds is 5. The van der Waals surface area contributed by atoms with Gasteiger partial charge in [-0.05, 0) is 51.3 Å². The lowest BCUT2D eigenvalue weighted by atomic mass is 9.94. The number of benzene rings is 1. The average Bonchev–Trinajstić information content (AvgIpc) is 2.50. The Balaban J connectivity index is 1.77. The van der Waals surface area contributed by atoms with E-state index in [1.807, 2.05) is 0 Å². The summed E-state index contributed by atoms with van der Waals surface area (Å²) in [5.41, 5.74) is 2.67. The van der Waals surface area contributed by atoms with E-state index in [9.17, 15) is 4.79 Å². The summed E-state index contributed by atoms with van der Waals surface area (Å²) in [6.07, 6.45) is 1.95. The Labute approximate surface area is 135 Å². The van der Waals surface area contributed by atoms with E-state index in [1.165, 1.54) is 11.1 Å². The van der Waals surface area contributed by atoms with E-state index in [4.69, 9.17) is 0 Å². The van der Waals surface area contributed by atoms with Crippen LogP contribution in [0.2, 0.25) is 0 Å². The molecule has 3 nitrogen and oxygen atoms in total. The molecular weight excluding hydrogens is 272 g/mol. The van der Waals surface area contributed by atoms with E-state index in [0.29, 0.717) is 5.92 Å². The van der Waals surface area contributed by atoms with Gasteiger partial charge in [-0.25, -0.2) is 0 Å². The number of nitrogens with zero attached hydrogens (tertiary/aromatic N) is 1. The molecule has 0 radical (unpaired) electrons. The highest BCUT2D eigenvalue weighted by Gasteiger charge is 2.26. The lowest BCUT2D eigenvalue weighted by molar-refractivity contribution is -0.127. The van der Waals surface area contributed by atoms with Crippen LogP contribution in [-0.2, 0) is 11.3 Å². The summed E-state index contributed by atoms with van der Waals surface area (Å²) in [5, 5.41) is 3.16. The van der Waals surface area contributed by atoms with Gasteiger partial charge >= 0.3 is 0 Å². The molecular formula is C19H30N2O. The van der Waals surface area contributed by atoms with Gasteiger partial charge < -0.3 is 5.32 Å². The zero-order valence-corrected chi connectivity index (χ0v) is 14.4. The molecule has 0 aliphatic carbocycles. The SMILES string of the molecule is Cc1ccc(CN2CCC(C(=O)N[C@@H](C)C(C)C)CC2)cc1. The molecule has 0 aromatic heterocycles. The van der Waals surface area contributed by atoms with Gasteiger partial charge in [-0.3, -0.25) is 9.69 Å². The number of aryl methyl sites for hydroxylation is 1. The van der Waals surface area contributed by atoms with E-state index in [2.05, 4.69) is 62.2 Å². The van der Waals surface area contributed by atoms with Gasteiger partial charge in [0.25, 0.3) is 0 Å². The number of carbonyl (C=O) groups excluding carboxylic acids is 1. The molecule has 1 aromatic carbocycles. The number of carbonyl (C=O) groups is 1. The Hall–Kier alpha value is -1.35. The first-order valence-corrected chi connectivity index (χ1v) is 8.54. The Morgan fingerprint density at radius 1 is 1.18 bits per heavy atom. The second-order valence-electron chi connectivity index (χ2n) is 7.08. The summed E-state index contributed by atoms with van der Waals surface area (Å²) in [6, 6.07) is 9.01. The first kappa shape index (κ1) is 17.0. The van der Waals surface area contributed by atoms with Crippen molar-refractivity contribution in [2.24, 2.45) is 11.8 Å². The molecule has 1 aromatic rings. The van der Waals surface area contributed by atoms with Gasteiger partial charge in [0, 0.05) is 18.5 Å². The maximum absolute atomic E-state index is 12.3. The van der Waals surface area contributed by atoms with Gasteiger partial charge in [-0.15, -0.1) is 0 Å². The lowest BCUT2D eigenvalue weighted by Gasteiger charge is -2.32. The van der Waals surface area contributed by atoms with Crippen LogP contribution in [0.15, 0.2) is 24.3 Å². The van der Waals surface area contributed by atoms with Crippen molar-refractivity contribution in [2.45, 2.75) is 53.1 Å². The Kier molecular flexibility index (Phi) is 6.01. The summed E-state index contributed by atoms with van der Waals surface area (Å²) in [5.74, 6) is 0.928. The number of piperidine rings is 1. The van der Waals surface area contributed by atoms with Crippen LogP contribution in [0.1, 0.15) is 44.7 Å². The smallest absolute Gasteiger partial charge is 0.223 e. The zero-order chi connectivity index (χ0) is 16.1. The predicted molar refractivity (Wildman–Crippen MR) is 91.6 cm³/mol. The maximum atomic E-state index is 12.3. The molecule has 1 aliphatic rings. The Morgan fingerprint density at radius 2 is 1.77 bits per heavy atom. The fourth-order valence-corrected chi connectivity index (χ4v) is 2.81.